The largest absolute Gasteiger partial charge is 0.377 e. The molecule has 6 amide bonds. The van der Waals surface area contributed by atoms with Crippen molar-refractivity contribution in [1.82, 2.24) is 34.3 Å². The van der Waals surface area contributed by atoms with Gasteiger partial charge in [-0.05, 0) is 78.0 Å². The zero-order chi connectivity index (χ0) is 38.7. The first-order valence-electron chi connectivity index (χ1n) is 18.4. The number of aromatic nitrogens is 2. The molecule has 288 valence electrons. The Kier molecular flexibility index (Phi) is 12.2. The highest BCUT2D eigenvalue weighted by Crippen LogP contribution is 2.40. The summed E-state index contributed by atoms with van der Waals surface area (Å²) in [6.07, 6.45) is 6.77. The van der Waals surface area contributed by atoms with Crippen molar-refractivity contribution in [2.45, 2.75) is 107 Å². The summed E-state index contributed by atoms with van der Waals surface area (Å²) in [6, 6.07) is 6.73. The molecular formula is C37H46ClN9O6S. The molecule has 6 rings (SSSR count). The molecular weight excluding hydrogens is 734 g/mol. The number of anilines is 1. The van der Waals surface area contributed by atoms with Crippen LogP contribution in [0, 0.1) is 11.3 Å². The Balaban J connectivity index is 0.916. The number of urea groups is 1. The van der Waals surface area contributed by atoms with Gasteiger partial charge < -0.3 is 15.0 Å². The molecule has 0 bridgehead atoms. The molecule has 0 spiro atoms. The highest BCUT2D eigenvalue weighted by Gasteiger charge is 2.54. The highest BCUT2D eigenvalue weighted by molar-refractivity contribution is 7.98. The molecule has 15 nitrogen and oxygen atoms in total. The molecule has 0 radical (unpaired) electrons. The predicted molar refractivity (Wildman–Crippen MR) is 200 cm³/mol. The smallest absolute Gasteiger partial charge is 0.338 e. The average Bonchev–Trinajstić information content (AvgIpc) is 3.29. The molecule has 5 heterocycles. The van der Waals surface area contributed by atoms with Crippen LogP contribution in [-0.2, 0) is 23.9 Å². The van der Waals surface area contributed by atoms with E-state index in [4.69, 9.17) is 21.6 Å². The standard InChI is InChI=1S/C37H46ClN9O6S/c1-22-19-44(20-23(2)45(22)21-33(49)42-24-5-11-30(40-17-24)28-10-12-32(48)43-34(28)50)13-14-53-26-8-6-25(7-9-26)46-36(52)47(35(51)37(46,3)4)54-27-15-29(38)31(16-39)41-18-27/h5,11,15,17-18,22-23,25-26,28H,6-10,12-14,19-21H2,1-4H3,(H,42,49)(H,43,48,50)/t22-,23+,25?,26?,28?. The van der Waals surface area contributed by atoms with Crippen LogP contribution in [0.2, 0.25) is 5.02 Å². The molecule has 54 heavy (non-hydrogen) atoms. The number of halogens is 1. The molecule has 3 atom stereocenters. The lowest BCUT2D eigenvalue weighted by molar-refractivity contribution is -0.134. The lowest BCUT2D eigenvalue weighted by Gasteiger charge is -2.44. The molecule has 2 aromatic heterocycles. The maximum atomic E-state index is 13.6. The van der Waals surface area contributed by atoms with Crippen molar-refractivity contribution >= 4 is 58.9 Å². The van der Waals surface area contributed by atoms with Gasteiger partial charge in [0.2, 0.25) is 17.7 Å². The first-order valence-corrected chi connectivity index (χ1v) is 19.5. The Morgan fingerprint density at radius 2 is 1.80 bits per heavy atom. The molecule has 2 N–H and O–H groups in total. The van der Waals surface area contributed by atoms with Crippen LogP contribution in [0.4, 0.5) is 10.5 Å². The Labute approximate surface area is 324 Å². The highest BCUT2D eigenvalue weighted by atomic mass is 35.5. The Hall–Kier alpha value is -4.14. The van der Waals surface area contributed by atoms with Crippen LogP contribution in [-0.4, -0.2) is 121 Å². The summed E-state index contributed by atoms with van der Waals surface area (Å²) in [4.78, 5) is 78.8. The number of carbonyl (C=O) groups is 5. The molecule has 17 heteroatoms. The number of hydrogen-bond acceptors (Lipinski definition) is 12. The maximum Gasteiger partial charge on any atom is 0.338 e. The van der Waals surface area contributed by atoms with Crippen LogP contribution in [0.1, 0.15) is 83.5 Å². The van der Waals surface area contributed by atoms with Crippen molar-refractivity contribution in [3.63, 3.8) is 0 Å². The number of imide groups is 2. The summed E-state index contributed by atoms with van der Waals surface area (Å²) in [5.74, 6) is -1.54. The number of rotatable bonds is 11. The third-order valence-corrected chi connectivity index (χ3v) is 12.0. The number of nitrogens with one attached hydrogen (secondary N) is 2. The minimum absolute atomic E-state index is 0.0718. The topological polar surface area (TPSA) is 181 Å². The van der Waals surface area contributed by atoms with Gasteiger partial charge in [0.25, 0.3) is 5.91 Å². The van der Waals surface area contributed by atoms with E-state index >= 15 is 0 Å². The van der Waals surface area contributed by atoms with E-state index < -0.39 is 11.5 Å². The van der Waals surface area contributed by atoms with Crippen molar-refractivity contribution in [3.8, 4) is 6.07 Å². The van der Waals surface area contributed by atoms with Crippen LogP contribution in [0.5, 0.6) is 0 Å². The summed E-state index contributed by atoms with van der Waals surface area (Å²) < 4.78 is 7.49. The van der Waals surface area contributed by atoms with Crippen molar-refractivity contribution in [1.29, 1.82) is 5.26 Å². The SMILES string of the molecule is C[C@@H]1CN(CCOC2CCC(N3C(=O)N(Sc4cnc(C#N)c(Cl)c4)C(=O)C3(C)C)CC2)C[C@H](C)N1CC(=O)Nc1ccc(C2CCC(=O)NC2=O)nc1. The monoisotopic (exact) mass is 779 g/mol. The Morgan fingerprint density at radius 1 is 1.07 bits per heavy atom. The molecule has 4 aliphatic rings. The van der Waals surface area contributed by atoms with E-state index in [1.54, 1.807) is 37.1 Å². The van der Waals surface area contributed by atoms with Gasteiger partial charge in [0.05, 0.1) is 47.8 Å². The van der Waals surface area contributed by atoms with E-state index in [9.17, 15) is 24.0 Å². The Morgan fingerprint density at radius 3 is 2.43 bits per heavy atom. The van der Waals surface area contributed by atoms with Gasteiger partial charge in [0.1, 0.15) is 11.6 Å². The zero-order valence-electron chi connectivity index (χ0n) is 30.9. The fourth-order valence-corrected chi connectivity index (χ4v) is 9.16. The number of piperazine rings is 1. The van der Waals surface area contributed by atoms with Crippen LogP contribution in [0.15, 0.2) is 35.5 Å². The normalized spacial score (nSPS) is 26.5. The van der Waals surface area contributed by atoms with Gasteiger partial charge in [-0.1, -0.05) is 11.6 Å². The van der Waals surface area contributed by atoms with E-state index in [1.807, 2.05) is 6.07 Å². The van der Waals surface area contributed by atoms with E-state index in [1.165, 1.54) is 16.6 Å². The van der Waals surface area contributed by atoms with E-state index in [0.717, 1.165) is 57.3 Å². The first-order chi connectivity index (χ1) is 25.7. The lowest BCUT2D eigenvalue weighted by Crippen LogP contribution is -2.58. The van der Waals surface area contributed by atoms with Crippen molar-refractivity contribution in [3.05, 3.63) is 47.0 Å². The molecule has 1 aliphatic carbocycles. The van der Waals surface area contributed by atoms with Crippen LogP contribution >= 0.6 is 23.5 Å². The third kappa shape index (κ3) is 8.71. The van der Waals surface area contributed by atoms with Crippen LogP contribution in [0.25, 0.3) is 0 Å². The minimum Gasteiger partial charge on any atom is -0.377 e. The first kappa shape index (κ1) is 39.6. The second kappa shape index (κ2) is 16.7. The molecule has 2 aromatic rings. The summed E-state index contributed by atoms with van der Waals surface area (Å²) in [5.41, 5.74) is 0.195. The van der Waals surface area contributed by atoms with Crippen molar-refractivity contribution in [2.75, 3.05) is 38.1 Å². The van der Waals surface area contributed by atoms with E-state index in [2.05, 4.69) is 44.2 Å². The van der Waals surface area contributed by atoms with E-state index in [0.29, 0.717) is 29.3 Å². The number of pyridine rings is 2. The zero-order valence-corrected chi connectivity index (χ0v) is 32.5. The molecule has 3 saturated heterocycles. The summed E-state index contributed by atoms with van der Waals surface area (Å²) in [6.45, 7) is 11.0. The second-order valence-corrected chi connectivity index (χ2v) is 16.4. The molecule has 3 aliphatic heterocycles. The predicted octanol–water partition coefficient (Wildman–Crippen LogP) is 3.93. The maximum absolute atomic E-state index is 13.6. The summed E-state index contributed by atoms with van der Waals surface area (Å²) in [5, 5.41) is 14.5. The lowest BCUT2D eigenvalue weighted by atomic mass is 9.89. The molecule has 1 saturated carbocycles. The van der Waals surface area contributed by atoms with E-state index in [-0.39, 0.29) is 77.6 Å². The number of carbonyl (C=O) groups excluding carboxylic acids is 5. The van der Waals surface area contributed by atoms with Gasteiger partial charge in [0.15, 0.2) is 5.69 Å². The summed E-state index contributed by atoms with van der Waals surface area (Å²) >= 11 is 7.10. The van der Waals surface area contributed by atoms with Gasteiger partial charge >= 0.3 is 6.03 Å². The average molecular weight is 780 g/mol. The van der Waals surface area contributed by atoms with Gasteiger partial charge in [-0.2, -0.15) is 9.57 Å². The molecule has 0 aromatic carbocycles. The Bertz CT molecular complexity index is 1800. The molecule has 4 fully saturated rings. The number of ether oxygens (including phenoxy) is 1. The van der Waals surface area contributed by atoms with Crippen LogP contribution < -0.4 is 10.6 Å². The summed E-state index contributed by atoms with van der Waals surface area (Å²) in [7, 11) is 0. The third-order valence-electron chi connectivity index (χ3n) is 10.7. The molecule has 1 unspecified atom stereocenters. The number of piperidine rings is 1. The number of nitriles is 1. The van der Waals surface area contributed by atoms with Gasteiger partial charge in [-0.15, -0.1) is 0 Å². The van der Waals surface area contributed by atoms with Crippen molar-refractivity contribution < 1.29 is 28.7 Å². The minimum atomic E-state index is -1.01. The van der Waals surface area contributed by atoms with Gasteiger partial charge in [-0.25, -0.2) is 9.78 Å². The second-order valence-electron chi connectivity index (χ2n) is 15.0. The quantitative estimate of drug-likeness (QED) is 0.191. The fraction of sp³-hybridized carbons (Fsp3) is 0.568. The fourth-order valence-electron chi connectivity index (χ4n) is 7.93. The van der Waals surface area contributed by atoms with Crippen LogP contribution in [0.3, 0.4) is 0 Å². The van der Waals surface area contributed by atoms with Gasteiger partial charge in [0, 0.05) is 67.2 Å². The number of amides is 6. The van der Waals surface area contributed by atoms with Crippen molar-refractivity contribution in [2.24, 2.45) is 0 Å². The number of nitrogens with zero attached hydrogens (tertiary/aromatic N) is 7. The van der Waals surface area contributed by atoms with Gasteiger partial charge in [-0.3, -0.25) is 39.3 Å². The number of hydrogen-bond donors (Lipinski definition) is 2.